The van der Waals surface area contributed by atoms with E-state index in [2.05, 4.69) is 49.0 Å². The summed E-state index contributed by atoms with van der Waals surface area (Å²) in [6.45, 7) is 1.77. The third-order valence-corrected chi connectivity index (χ3v) is 4.69. The minimum Gasteiger partial charge on any atom is -0.493 e. The van der Waals surface area contributed by atoms with Gasteiger partial charge in [-0.25, -0.2) is 10.2 Å². The summed E-state index contributed by atoms with van der Waals surface area (Å²) < 4.78 is 17.2. The SMILES string of the molecule is CCOC(=O)COc1c(Br)cc(/C=N\NC(=O)c2ccc(I)cc2)cc1OC. The Balaban J connectivity index is 2.06. The smallest absolute Gasteiger partial charge is 0.344 e. The van der Waals surface area contributed by atoms with Gasteiger partial charge in [-0.3, -0.25) is 4.79 Å². The Morgan fingerprint density at radius 2 is 1.96 bits per heavy atom. The third-order valence-electron chi connectivity index (χ3n) is 3.38. The monoisotopic (exact) mass is 560 g/mol. The number of esters is 1. The maximum Gasteiger partial charge on any atom is 0.344 e. The Hall–Kier alpha value is -2.14. The topological polar surface area (TPSA) is 86.2 Å². The van der Waals surface area contributed by atoms with Gasteiger partial charge in [0, 0.05) is 9.13 Å². The third kappa shape index (κ3) is 6.48. The lowest BCUT2D eigenvalue weighted by Gasteiger charge is -2.13. The van der Waals surface area contributed by atoms with Crippen molar-refractivity contribution >= 4 is 56.6 Å². The zero-order chi connectivity index (χ0) is 20.5. The minimum atomic E-state index is -0.472. The Kier molecular flexibility index (Phi) is 8.71. The molecule has 0 aliphatic carbocycles. The van der Waals surface area contributed by atoms with Gasteiger partial charge >= 0.3 is 5.97 Å². The minimum absolute atomic E-state index is 0.234. The van der Waals surface area contributed by atoms with Crippen molar-refractivity contribution in [3.05, 3.63) is 55.6 Å². The lowest BCUT2D eigenvalue weighted by molar-refractivity contribution is -0.145. The molecule has 9 heteroatoms. The van der Waals surface area contributed by atoms with Crippen molar-refractivity contribution in [2.45, 2.75) is 6.92 Å². The van der Waals surface area contributed by atoms with Crippen LogP contribution in [0.3, 0.4) is 0 Å². The van der Waals surface area contributed by atoms with Crippen molar-refractivity contribution in [1.29, 1.82) is 0 Å². The molecule has 2 rings (SSSR count). The molecule has 0 aliphatic heterocycles. The van der Waals surface area contributed by atoms with Crippen LogP contribution in [-0.4, -0.2) is 38.4 Å². The van der Waals surface area contributed by atoms with Gasteiger partial charge in [-0.15, -0.1) is 0 Å². The van der Waals surface area contributed by atoms with Gasteiger partial charge in [-0.2, -0.15) is 5.10 Å². The second kappa shape index (κ2) is 11.0. The molecule has 0 atom stereocenters. The number of benzene rings is 2. The van der Waals surface area contributed by atoms with Crippen LogP contribution in [0.25, 0.3) is 0 Å². The normalized spacial score (nSPS) is 10.6. The fourth-order valence-electron chi connectivity index (χ4n) is 2.12. The molecule has 28 heavy (non-hydrogen) atoms. The number of carbonyl (C=O) groups is 2. The molecule has 0 saturated heterocycles. The summed E-state index contributed by atoms with van der Waals surface area (Å²) in [4.78, 5) is 23.5. The first-order valence-electron chi connectivity index (χ1n) is 8.19. The molecule has 0 saturated carbocycles. The van der Waals surface area contributed by atoms with Gasteiger partial charge in [0.1, 0.15) is 0 Å². The molecule has 1 N–H and O–H groups in total. The molecule has 148 valence electrons. The van der Waals surface area contributed by atoms with Gasteiger partial charge in [-0.05, 0) is 87.4 Å². The fourth-order valence-corrected chi connectivity index (χ4v) is 3.05. The average molecular weight is 561 g/mol. The number of amides is 1. The Labute approximate surface area is 184 Å². The van der Waals surface area contributed by atoms with Crippen molar-refractivity contribution in [1.82, 2.24) is 5.43 Å². The summed E-state index contributed by atoms with van der Waals surface area (Å²) in [5.74, 6) is -0.00631. The summed E-state index contributed by atoms with van der Waals surface area (Å²) in [6, 6.07) is 10.5. The quantitative estimate of drug-likeness (QED) is 0.230. The van der Waals surface area contributed by atoms with E-state index in [1.54, 1.807) is 31.2 Å². The maximum absolute atomic E-state index is 12.1. The summed E-state index contributed by atoms with van der Waals surface area (Å²) in [5.41, 5.74) is 3.65. The largest absolute Gasteiger partial charge is 0.493 e. The molecule has 0 fully saturated rings. The predicted molar refractivity (Wildman–Crippen MR) is 117 cm³/mol. The van der Waals surface area contributed by atoms with E-state index in [1.165, 1.54) is 13.3 Å². The summed E-state index contributed by atoms with van der Waals surface area (Å²) in [6.07, 6.45) is 1.48. The van der Waals surface area contributed by atoms with E-state index in [1.807, 2.05) is 12.1 Å². The molecular weight excluding hydrogens is 543 g/mol. The number of methoxy groups -OCH3 is 1. The number of ether oxygens (including phenoxy) is 3. The Bertz CT molecular complexity index is 871. The molecular formula is C19H18BrIN2O5. The molecule has 7 nitrogen and oxygen atoms in total. The van der Waals surface area contributed by atoms with E-state index < -0.39 is 5.97 Å². The van der Waals surface area contributed by atoms with Crippen molar-refractivity contribution in [2.75, 3.05) is 20.3 Å². The van der Waals surface area contributed by atoms with Gasteiger partial charge in [0.25, 0.3) is 5.91 Å². The molecule has 0 aliphatic rings. The van der Waals surface area contributed by atoms with E-state index in [4.69, 9.17) is 14.2 Å². The van der Waals surface area contributed by atoms with Crippen molar-refractivity contribution in [3.63, 3.8) is 0 Å². The second-order valence-corrected chi connectivity index (χ2v) is 7.43. The lowest BCUT2D eigenvalue weighted by Crippen LogP contribution is -2.17. The van der Waals surface area contributed by atoms with Crippen LogP contribution in [-0.2, 0) is 9.53 Å². The van der Waals surface area contributed by atoms with Crippen LogP contribution in [0, 0.1) is 3.57 Å². The first-order chi connectivity index (χ1) is 13.4. The van der Waals surface area contributed by atoms with E-state index in [9.17, 15) is 9.59 Å². The molecule has 1 amide bonds. The van der Waals surface area contributed by atoms with Crippen LogP contribution in [0.2, 0.25) is 0 Å². The molecule has 0 spiro atoms. The highest BCUT2D eigenvalue weighted by atomic mass is 127. The Morgan fingerprint density at radius 3 is 2.61 bits per heavy atom. The number of nitrogens with zero attached hydrogens (tertiary/aromatic N) is 1. The number of hydrogen-bond acceptors (Lipinski definition) is 6. The number of rotatable bonds is 8. The number of carbonyl (C=O) groups excluding carboxylic acids is 2. The zero-order valence-corrected chi connectivity index (χ0v) is 18.9. The maximum atomic E-state index is 12.1. The van der Waals surface area contributed by atoms with Crippen molar-refractivity contribution < 1.29 is 23.8 Å². The van der Waals surface area contributed by atoms with Crippen LogP contribution in [0.4, 0.5) is 0 Å². The van der Waals surface area contributed by atoms with Crippen molar-refractivity contribution in [2.24, 2.45) is 5.10 Å². The standard InChI is InChI=1S/C19H18BrIN2O5/c1-3-27-17(24)11-28-18-15(20)8-12(9-16(18)26-2)10-22-23-19(25)13-4-6-14(21)7-5-13/h4-10H,3,11H2,1-2H3,(H,23,25)/b22-10-. The highest BCUT2D eigenvalue weighted by Crippen LogP contribution is 2.36. The molecule has 0 heterocycles. The first kappa shape index (κ1) is 22.2. The number of halogens is 2. The van der Waals surface area contributed by atoms with Crippen molar-refractivity contribution in [3.8, 4) is 11.5 Å². The van der Waals surface area contributed by atoms with Crippen LogP contribution in [0.5, 0.6) is 11.5 Å². The van der Waals surface area contributed by atoms with Crippen LogP contribution in [0.15, 0.2) is 46.0 Å². The van der Waals surface area contributed by atoms with Gasteiger partial charge in [-0.1, -0.05) is 0 Å². The predicted octanol–water partition coefficient (Wildman–Crippen LogP) is 3.77. The molecule has 0 radical (unpaired) electrons. The second-order valence-electron chi connectivity index (χ2n) is 5.33. The molecule has 0 bridgehead atoms. The highest BCUT2D eigenvalue weighted by molar-refractivity contribution is 14.1. The van der Waals surface area contributed by atoms with Gasteiger partial charge in [0.15, 0.2) is 18.1 Å². The summed E-state index contributed by atoms with van der Waals surface area (Å²) in [5, 5.41) is 3.97. The van der Waals surface area contributed by atoms with Gasteiger partial charge < -0.3 is 14.2 Å². The lowest BCUT2D eigenvalue weighted by atomic mass is 10.2. The van der Waals surface area contributed by atoms with Crippen LogP contribution < -0.4 is 14.9 Å². The van der Waals surface area contributed by atoms with E-state index in [0.717, 1.165) is 3.57 Å². The van der Waals surface area contributed by atoms with E-state index in [-0.39, 0.29) is 19.1 Å². The van der Waals surface area contributed by atoms with E-state index >= 15 is 0 Å². The number of nitrogens with one attached hydrogen (secondary N) is 1. The van der Waals surface area contributed by atoms with Crippen LogP contribution >= 0.6 is 38.5 Å². The first-order valence-corrected chi connectivity index (χ1v) is 10.1. The molecule has 2 aromatic rings. The molecule has 0 aromatic heterocycles. The summed E-state index contributed by atoms with van der Waals surface area (Å²) >= 11 is 5.55. The van der Waals surface area contributed by atoms with Crippen LogP contribution in [0.1, 0.15) is 22.8 Å². The fraction of sp³-hybridized carbons (Fsp3) is 0.211. The van der Waals surface area contributed by atoms with E-state index in [0.29, 0.717) is 27.1 Å². The Morgan fingerprint density at radius 1 is 1.25 bits per heavy atom. The highest BCUT2D eigenvalue weighted by Gasteiger charge is 2.13. The van der Waals surface area contributed by atoms with Gasteiger partial charge in [0.2, 0.25) is 0 Å². The zero-order valence-electron chi connectivity index (χ0n) is 15.2. The number of hydrogen-bond donors (Lipinski definition) is 1. The molecule has 2 aromatic carbocycles. The summed E-state index contributed by atoms with van der Waals surface area (Å²) in [7, 11) is 1.48. The van der Waals surface area contributed by atoms with Gasteiger partial charge in [0.05, 0.1) is 24.4 Å². The average Bonchev–Trinajstić information content (AvgIpc) is 2.67. The number of hydrazone groups is 1. The molecule has 0 unspecified atom stereocenters.